The van der Waals surface area contributed by atoms with Crippen LogP contribution in [0.5, 0.6) is 5.75 Å². The zero-order chi connectivity index (χ0) is 14.1. The van der Waals surface area contributed by atoms with Gasteiger partial charge in [-0.3, -0.25) is 0 Å². The van der Waals surface area contributed by atoms with Gasteiger partial charge in [-0.15, -0.1) is 0 Å². The molecule has 0 bridgehead atoms. The number of ether oxygens (including phenoxy) is 2. The van der Waals surface area contributed by atoms with E-state index in [1.807, 2.05) is 0 Å². The van der Waals surface area contributed by atoms with Crippen molar-refractivity contribution in [3.8, 4) is 11.4 Å². The Kier molecular flexibility index (Phi) is 3.15. The van der Waals surface area contributed by atoms with Crippen LogP contribution in [0.1, 0.15) is 6.42 Å². The third-order valence-corrected chi connectivity index (χ3v) is 3.11. The molecule has 106 valence electrons. The van der Waals surface area contributed by atoms with Crippen molar-refractivity contribution < 1.29 is 9.47 Å². The number of hydrogen-bond donors (Lipinski definition) is 1. The number of anilines is 1. The Hall–Kier alpha value is -2.35. The molecule has 1 aliphatic heterocycles. The fraction of sp³-hybridized carbons (Fsp3) is 0.417. The minimum absolute atomic E-state index is 0.0234. The van der Waals surface area contributed by atoms with Crippen molar-refractivity contribution in [1.82, 2.24) is 19.8 Å². The molecular formula is C12H15N5O3. The highest BCUT2D eigenvalue weighted by Crippen LogP contribution is 2.26. The zero-order valence-electron chi connectivity index (χ0n) is 11.0. The summed E-state index contributed by atoms with van der Waals surface area (Å²) >= 11 is 0. The van der Waals surface area contributed by atoms with Gasteiger partial charge >= 0.3 is 5.69 Å². The second-order valence-electron chi connectivity index (χ2n) is 4.63. The lowest BCUT2D eigenvalue weighted by Gasteiger charge is -2.15. The van der Waals surface area contributed by atoms with E-state index >= 15 is 0 Å². The van der Waals surface area contributed by atoms with Gasteiger partial charge in [-0.25, -0.2) is 4.79 Å². The smallest absolute Gasteiger partial charge is 0.368 e. The molecule has 8 heteroatoms. The molecule has 1 saturated heterocycles. The normalized spacial score (nSPS) is 18.4. The van der Waals surface area contributed by atoms with E-state index < -0.39 is 0 Å². The van der Waals surface area contributed by atoms with E-state index in [0.29, 0.717) is 30.3 Å². The van der Waals surface area contributed by atoms with Crippen molar-refractivity contribution in [1.29, 1.82) is 0 Å². The van der Waals surface area contributed by atoms with Crippen LogP contribution in [0.4, 0.5) is 5.69 Å². The maximum atomic E-state index is 11.9. The minimum Gasteiger partial charge on any atom is -0.486 e. The molecule has 3 rings (SSSR count). The molecule has 1 aliphatic rings. The fourth-order valence-electron chi connectivity index (χ4n) is 2.05. The minimum atomic E-state index is -0.358. The lowest BCUT2D eigenvalue weighted by molar-refractivity contribution is 0.141. The van der Waals surface area contributed by atoms with E-state index in [1.165, 1.54) is 11.7 Å². The zero-order valence-corrected chi connectivity index (χ0v) is 11.0. The van der Waals surface area contributed by atoms with Gasteiger partial charge < -0.3 is 15.2 Å². The molecule has 0 amide bonds. The Morgan fingerprint density at radius 1 is 1.45 bits per heavy atom. The number of benzene rings is 1. The molecule has 1 aromatic heterocycles. The van der Waals surface area contributed by atoms with E-state index in [9.17, 15) is 4.79 Å². The van der Waals surface area contributed by atoms with Crippen molar-refractivity contribution in [2.75, 3.05) is 18.9 Å². The third kappa shape index (κ3) is 2.25. The summed E-state index contributed by atoms with van der Waals surface area (Å²) in [6.07, 6.45) is 0.795. The number of nitrogen functional groups attached to an aromatic ring is 1. The number of nitrogens with two attached hydrogens (primary N) is 1. The van der Waals surface area contributed by atoms with E-state index in [4.69, 9.17) is 15.2 Å². The lowest BCUT2D eigenvalue weighted by atomic mass is 10.2. The first kappa shape index (κ1) is 12.7. The molecule has 0 saturated carbocycles. The second kappa shape index (κ2) is 4.97. The van der Waals surface area contributed by atoms with Gasteiger partial charge in [-0.2, -0.15) is 9.36 Å². The van der Waals surface area contributed by atoms with Gasteiger partial charge in [-0.05, 0) is 28.6 Å². The van der Waals surface area contributed by atoms with E-state index in [0.717, 1.165) is 11.1 Å². The summed E-state index contributed by atoms with van der Waals surface area (Å²) in [5.41, 5.74) is 6.42. The highest BCUT2D eigenvalue weighted by atomic mass is 16.5. The molecular weight excluding hydrogens is 262 g/mol. The monoisotopic (exact) mass is 277 g/mol. The third-order valence-electron chi connectivity index (χ3n) is 3.11. The number of nitrogens with zero attached hydrogens (tertiary/aromatic N) is 4. The van der Waals surface area contributed by atoms with E-state index in [-0.39, 0.29) is 11.8 Å². The summed E-state index contributed by atoms with van der Waals surface area (Å²) < 4.78 is 13.5. The van der Waals surface area contributed by atoms with Gasteiger partial charge in [0.25, 0.3) is 0 Å². The van der Waals surface area contributed by atoms with Crippen molar-refractivity contribution in [2.45, 2.75) is 12.5 Å². The molecule has 0 radical (unpaired) electrons. The van der Waals surface area contributed by atoms with Crippen molar-refractivity contribution >= 4 is 5.69 Å². The van der Waals surface area contributed by atoms with Crippen LogP contribution < -0.4 is 16.2 Å². The summed E-state index contributed by atoms with van der Waals surface area (Å²) in [6, 6.07) is 5.08. The van der Waals surface area contributed by atoms with Gasteiger partial charge in [0.1, 0.15) is 17.5 Å². The van der Waals surface area contributed by atoms with Crippen LogP contribution in [0.3, 0.4) is 0 Å². The maximum absolute atomic E-state index is 11.9. The lowest BCUT2D eigenvalue weighted by Crippen LogP contribution is -2.24. The maximum Gasteiger partial charge on any atom is 0.368 e. The second-order valence-corrected chi connectivity index (χ2v) is 4.63. The van der Waals surface area contributed by atoms with Crippen molar-refractivity contribution in [2.24, 2.45) is 7.05 Å². The Morgan fingerprint density at radius 2 is 2.30 bits per heavy atom. The quantitative estimate of drug-likeness (QED) is 0.775. The molecule has 0 aliphatic carbocycles. The average molecular weight is 277 g/mol. The number of tetrazole rings is 1. The first-order valence-corrected chi connectivity index (χ1v) is 6.28. The Bertz CT molecular complexity index is 672. The van der Waals surface area contributed by atoms with E-state index in [1.54, 1.807) is 18.2 Å². The Balaban J connectivity index is 2.01. The Labute approximate surface area is 114 Å². The van der Waals surface area contributed by atoms with Crippen molar-refractivity contribution in [3.05, 3.63) is 28.7 Å². The van der Waals surface area contributed by atoms with Crippen LogP contribution in [-0.2, 0) is 11.8 Å². The summed E-state index contributed by atoms with van der Waals surface area (Å²) in [5, 5.41) is 7.50. The molecule has 2 heterocycles. The van der Waals surface area contributed by atoms with Gasteiger partial charge in [0.05, 0.1) is 13.2 Å². The number of aryl methyl sites for hydroxylation is 1. The van der Waals surface area contributed by atoms with Crippen LogP contribution in [-0.4, -0.2) is 39.1 Å². The molecule has 1 atom stereocenters. The largest absolute Gasteiger partial charge is 0.486 e. The van der Waals surface area contributed by atoms with Gasteiger partial charge in [-0.1, -0.05) is 0 Å². The number of rotatable bonds is 3. The van der Waals surface area contributed by atoms with Gasteiger partial charge in [0.15, 0.2) is 0 Å². The standard InChI is InChI=1S/C12H15N5O3/c1-16-12(18)17(15-14-16)10-6-8(13)2-3-11(10)20-9-4-5-19-7-9/h2-3,6,9H,4-5,7,13H2,1H3/t9-/m1/s1. The molecule has 0 unspecified atom stereocenters. The molecule has 0 spiro atoms. The van der Waals surface area contributed by atoms with Gasteiger partial charge in [0.2, 0.25) is 0 Å². The van der Waals surface area contributed by atoms with Crippen LogP contribution in [0, 0.1) is 0 Å². The molecule has 1 fully saturated rings. The topological polar surface area (TPSA) is 97.2 Å². The summed E-state index contributed by atoms with van der Waals surface area (Å²) in [5.74, 6) is 0.539. The first-order chi connectivity index (χ1) is 9.65. The summed E-state index contributed by atoms with van der Waals surface area (Å²) in [7, 11) is 1.53. The molecule has 2 aromatic rings. The number of aromatic nitrogens is 4. The molecule has 20 heavy (non-hydrogen) atoms. The van der Waals surface area contributed by atoms with Crippen LogP contribution in [0.2, 0.25) is 0 Å². The fourth-order valence-corrected chi connectivity index (χ4v) is 2.05. The molecule has 2 N–H and O–H groups in total. The summed E-state index contributed by atoms with van der Waals surface area (Å²) in [4.78, 5) is 11.9. The highest BCUT2D eigenvalue weighted by molar-refractivity contribution is 5.55. The summed E-state index contributed by atoms with van der Waals surface area (Å²) in [6.45, 7) is 1.22. The first-order valence-electron chi connectivity index (χ1n) is 6.28. The highest BCUT2D eigenvalue weighted by Gasteiger charge is 2.20. The predicted molar refractivity (Wildman–Crippen MR) is 70.9 cm³/mol. The molecule has 1 aromatic carbocycles. The Morgan fingerprint density at radius 3 is 2.95 bits per heavy atom. The van der Waals surface area contributed by atoms with Crippen molar-refractivity contribution in [3.63, 3.8) is 0 Å². The van der Waals surface area contributed by atoms with Crippen LogP contribution in [0.15, 0.2) is 23.0 Å². The van der Waals surface area contributed by atoms with E-state index in [2.05, 4.69) is 10.4 Å². The van der Waals surface area contributed by atoms with Crippen LogP contribution in [0.25, 0.3) is 5.69 Å². The molecule has 8 nitrogen and oxygen atoms in total. The van der Waals surface area contributed by atoms with Gasteiger partial charge in [0, 0.05) is 19.2 Å². The number of hydrogen-bond acceptors (Lipinski definition) is 6. The SMILES string of the molecule is Cn1nnn(-c2cc(N)ccc2O[C@@H]2CCOC2)c1=O. The van der Waals surface area contributed by atoms with Crippen LogP contribution >= 0.6 is 0 Å². The average Bonchev–Trinajstić information content (AvgIpc) is 3.04. The predicted octanol–water partition coefficient (Wildman–Crippen LogP) is -0.284.